The van der Waals surface area contributed by atoms with E-state index in [2.05, 4.69) is 6.92 Å². The Balaban J connectivity index is 2.89. The van der Waals surface area contributed by atoms with E-state index in [1.807, 2.05) is 6.92 Å². The van der Waals surface area contributed by atoms with E-state index >= 15 is 0 Å². The summed E-state index contributed by atoms with van der Waals surface area (Å²) in [7, 11) is 0. The van der Waals surface area contributed by atoms with E-state index in [1.165, 1.54) is 0 Å². The lowest BCUT2D eigenvalue weighted by Crippen LogP contribution is -2.18. The lowest BCUT2D eigenvalue weighted by atomic mass is 10.1. The second-order valence-electron chi connectivity index (χ2n) is 2.51. The van der Waals surface area contributed by atoms with E-state index in [0.29, 0.717) is 6.04 Å². The van der Waals surface area contributed by atoms with Crippen molar-refractivity contribution < 1.29 is 4.74 Å². The zero-order valence-electron chi connectivity index (χ0n) is 7.10. The van der Waals surface area contributed by atoms with Gasteiger partial charge in [-0.05, 0) is 26.2 Å². The minimum atomic E-state index is 0.375. The first kappa shape index (κ1) is 9.92. The van der Waals surface area contributed by atoms with Gasteiger partial charge in [-0.2, -0.15) is 0 Å². The van der Waals surface area contributed by atoms with Crippen LogP contribution in [-0.2, 0) is 4.74 Å². The third-order valence-electron chi connectivity index (χ3n) is 1.59. The van der Waals surface area contributed by atoms with Crippen LogP contribution in [0.4, 0.5) is 0 Å². The van der Waals surface area contributed by atoms with Crippen LogP contribution in [0.15, 0.2) is 0 Å². The smallest absolute Gasteiger partial charge is 0.0466 e. The Morgan fingerprint density at radius 2 is 2.10 bits per heavy atom. The number of rotatable bonds is 6. The van der Waals surface area contributed by atoms with Crippen LogP contribution in [0, 0.1) is 0 Å². The Kier molecular flexibility index (Phi) is 6.98. The maximum absolute atomic E-state index is 5.70. The summed E-state index contributed by atoms with van der Waals surface area (Å²) in [5.41, 5.74) is 5.70. The Morgan fingerprint density at radius 3 is 2.60 bits per heavy atom. The van der Waals surface area contributed by atoms with Crippen LogP contribution in [0.5, 0.6) is 0 Å². The molecule has 10 heavy (non-hydrogen) atoms. The van der Waals surface area contributed by atoms with Gasteiger partial charge in [0.25, 0.3) is 0 Å². The third kappa shape index (κ3) is 6.05. The van der Waals surface area contributed by atoms with Gasteiger partial charge in [0.1, 0.15) is 0 Å². The SMILES string of the molecule is CCOCCCC(N)CC. The number of hydrogen-bond donors (Lipinski definition) is 1. The van der Waals surface area contributed by atoms with Gasteiger partial charge in [0.15, 0.2) is 0 Å². The molecule has 0 bridgehead atoms. The molecule has 0 amide bonds. The van der Waals surface area contributed by atoms with Gasteiger partial charge >= 0.3 is 0 Å². The Hall–Kier alpha value is -0.0800. The highest BCUT2D eigenvalue weighted by atomic mass is 16.5. The fourth-order valence-electron chi connectivity index (χ4n) is 0.796. The molecular formula is C8H19NO. The molecule has 0 heterocycles. The molecule has 0 fully saturated rings. The summed E-state index contributed by atoms with van der Waals surface area (Å²) in [5, 5.41) is 0. The number of nitrogens with two attached hydrogens (primary N) is 1. The minimum Gasteiger partial charge on any atom is -0.382 e. The molecule has 0 spiro atoms. The van der Waals surface area contributed by atoms with Crippen LogP contribution in [0.1, 0.15) is 33.1 Å². The molecule has 0 aromatic rings. The summed E-state index contributed by atoms with van der Waals surface area (Å²) in [6, 6.07) is 0.375. The first-order chi connectivity index (χ1) is 4.81. The summed E-state index contributed by atoms with van der Waals surface area (Å²) >= 11 is 0. The minimum absolute atomic E-state index is 0.375. The average molecular weight is 145 g/mol. The van der Waals surface area contributed by atoms with Crippen LogP contribution in [0.3, 0.4) is 0 Å². The Labute approximate surface area is 63.7 Å². The Morgan fingerprint density at radius 1 is 1.40 bits per heavy atom. The van der Waals surface area contributed by atoms with Gasteiger partial charge in [-0.1, -0.05) is 6.92 Å². The topological polar surface area (TPSA) is 35.2 Å². The van der Waals surface area contributed by atoms with Crippen LogP contribution >= 0.6 is 0 Å². The molecule has 1 atom stereocenters. The molecule has 0 aromatic heterocycles. The standard InChI is InChI=1S/C8H19NO/c1-3-8(9)6-5-7-10-4-2/h8H,3-7,9H2,1-2H3. The quantitative estimate of drug-likeness (QED) is 0.575. The molecule has 0 rings (SSSR count). The molecule has 2 N–H and O–H groups in total. The molecule has 1 unspecified atom stereocenters. The summed E-state index contributed by atoms with van der Waals surface area (Å²) in [6.07, 6.45) is 3.27. The molecule has 62 valence electrons. The largest absolute Gasteiger partial charge is 0.382 e. The molecule has 0 radical (unpaired) electrons. The fourth-order valence-corrected chi connectivity index (χ4v) is 0.796. The van der Waals surface area contributed by atoms with Crippen LogP contribution in [-0.4, -0.2) is 19.3 Å². The van der Waals surface area contributed by atoms with Crippen molar-refractivity contribution in [1.29, 1.82) is 0 Å². The molecule has 2 heteroatoms. The predicted molar refractivity (Wildman–Crippen MR) is 44.0 cm³/mol. The van der Waals surface area contributed by atoms with Crippen molar-refractivity contribution in [3.05, 3.63) is 0 Å². The summed E-state index contributed by atoms with van der Waals surface area (Å²) < 4.78 is 5.17. The van der Waals surface area contributed by atoms with E-state index in [1.54, 1.807) is 0 Å². The maximum Gasteiger partial charge on any atom is 0.0466 e. The number of hydrogen-bond acceptors (Lipinski definition) is 2. The van der Waals surface area contributed by atoms with Crippen LogP contribution in [0.25, 0.3) is 0 Å². The van der Waals surface area contributed by atoms with E-state index in [9.17, 15) is 0 Å². The van der Waals surface area contributed by atoms with Crippen molar-refractivity contribution in [2.45, 2.75) is 39.2 Å². The van der Waals surface area contributed by atoms with Crippen molar-refractivity contribution in [2.24, 2.45) is 5.73 Å². The van der Waals surface area contributed by atoms with Gasteiger partial charge < -0.3 is 10.5 Å². The van der Waals surface area contributed by atoms with Gasteiger partial charge in [0.2, 0.25) is 0 Å². The van der Waals surface area contributed by atoms with E-state index in [0.717, 1.165) is 32.5 Å². The lowest BCUT2D eigenvalue weighted by molar-refractivity contribution is 0.142. The molecular weight excluding hydrogens is 126 g/mol. The fraction of sp³-hybridized carbons (Fsp3) is 1.00. The average Bonchev–Trinajstić information content (AvgIpc) is 1.98. The number of ether oxygens (including phenoxy) is 1. The summed E-state index contributed by atoms with van der Waals surface area (Å²) in [6.45, 7) is 5.82. The highest BCUT2D eigenvalue weighted by Gasteiger charge is 1.96. The normalized spacial score (nSPS) is 13.5. The maximum atomic E-state index is 5.70. The predicted octanol–water partition coefficient (Wildman–Crippen LogP) is 1.54. The molecule has 0 saturated carbocycles. The summed E-state index contributed by atoms with van der Waals surface area (Å²) in [4.78, 5) is 0. The molecule has 0 aliphatic heterocycles. The van der Waals surface area contributed by atoms with Gasteiger partial charge in [0.05, 0.1) is 0 Å². The van der Waals surface area contributed by atoms with Gasteiger partial charge in [0, 0.05) is 19.3 Å². The highest BCUT2D eigenvalue weighted by molar-refractivity contribution is 4.56. The van der Waals surface area contributed by atoms with Gasteiger partial charge in [-0.3, -0.25) is 0 Å². The second-order valence-corrected chi connectivity index (χ2v) is 2.51. The van der Waals surface area contributed by atoms with Crippen molar-refractivity contribution in [2.75, 3.05) is 13.2 Å². The monoisotopic (exact) mass is 145 g/mol. The highest BCUT2D eigenvalue weighted by Crippen LogP contribution is 1.97. The molecule has 0 aliphatic carbocycles. The van der Waals surface area contributed by atoms with E-state index < -0.39 is 0 Å². The molecule has 0 aromatic carbocycles. The first-order valence-corrected chi connectivity index (χ1v) is 4.14. The second kappa shape index (κ2) is 7.03. The zero-order valence-corrected chi connectivity index (χ0v) is 7.10. The first-order valence-electron chi connectivity index (χ1n) is 4.14. The van der Waals surface area contributed by atoms with Crippen molar-refractivity contribution in [1.82, 2.24) is 0 Å². The zero-order chi connectivity index (χ0) is 7.82. The molecule has 2 nitrogen and oxygen atoms in total. The van der Waals surface area contributed by atoms with Crippen LogP contribution in [0.2, 0.25) is 0 Å². The van der Waals surface area contributed by atoms with Crippen molar-refractivity contribution in [3.8, 4) is 0 Å². The third-order valence-corrected chi connectivity index (χ3v) is 1.59. The van der Waals surface area contributed by atoms with Gasteiger partial charge in [-0.25, -0.2) is 0 Å². The van der Waals surface area contributed by atoms with E-state index in [-0.39, 0.29) is 0 Å². The Bertz CT molecular complexity index is 66.3. The van der Waals surface area contributed by atoms with Crippen molar-refractivity contribution >= 4 is 0 Å². The molecule has 0 aliphatic rings. The lowest BCUT2D eigenvalue weighted by Gasteiger charge is -2.07. The van der Waals surface area contributed by atoms with Gasteiger partial charge in [-0.15, -0.1) is 0 Å². The summed E-state index contributed by atoms with van der Waals surface area (Å²) in [5.74, 6) is 0. The molecule has 0 saturated heterocycles. The van der Waals surface area contributed by atoms with Crippen LogP contribution < -0.4 is 5.73 Å². The van der Waals surface area contributed by atoms with Crippen molar-refractivity contribution in [3.63, 3.8) is 0 Å². The van der Waals surface area contributed by atoms with E-state index in [4.69, 9.17) is 10.5 Å².